The fourth-order valence-corrected chi connectivity index (χ4v) is 3.95. The summed E-state index contributed by atoms with van der Waals surface area (Å²) in [6.45, 7) is 2.04. The monoisotopic (exact) mass is 337 g/mol. The van der Waals surface area contributed by atoms with Gasteiger partial charge in [0.2, 0.25) is 0 Å². The van der Waals surface area contributed by atoms with Gasteiger partial charge in [-0.25, -0.2) is 0 Å². The van der Waals surface area contributed by atoms with Gasteiger partial charge < -0.3 is 14.7 Å². The molecule has 1 atom stereocenters. The molecular weight excluding hydrogens is 314 g/mol. The van der Waals surface area contributed by atoms with E-state index < -0.39 is 5.60 Å². The average Bonchev–Trinajstić information content (AvgIpc) is 2.68. The Labute approximate surface area is 148 Å². The van der Waals surface area contributed by atoms with Gasteiger partial charge in [-0.3, -0.25) is 4.79 Å². The first-order valence-corrected chi connectivity index (χ1v) is 8.90. The SMILES string of the molecule is O=C(N1Cc2ccccc2[C@@H](c2ccccc2)C1)C1(O)CCOCC1. The molecule has 2 aromatic carbocycles. The highest BCUT2D eigenvalue weighted by Crippen LogP contribution is 2.35. The highest BCUT2D eigenvalue weighted by molar-refractivity contribution is 5.85. The summed E-state index contributed by atoms with van der Waals surface area (Å²) in [7, 11) is 0. The largest absolute Gasteiger partial charge is 0.381 e. The van der Waals surface area contributed by atoms with Crippen LogP contribution in [0.2, 0.25) is 0 Å². The van der Waals surface area contributed by atoms with Gasteiger partial charge in [0.1, 0.15) is 5.60 Å². The van der Waals surface area contributed by atoms with Crippen molar-refractivity contribution in [2.24, 2.45) is 0 Å². The van der Waals surface area contributed by atoms with Crippen LogP contribution in [-0.2, 0) is 16.1 Å². The van der Waals surface area contributed by atoms with E-state index in [-0.39, 0.29) is 11.8 Å². The van der Waals surface area contributed by atoms with Crippen molar-refractivity contribution >= 4 is 5.91 Å². The number of fused-ring (bicyclic) bond motifs is 1. The molecule has 130 valence electrons. The van der Waals surface area contributed by atoms with E-state index in [0.29, 0.717) is 39.1 Å². The summed E-state index contributed by atoms with van der Waals surface area (Å²) < 4.78 is 5.32. The van der Waals surface area contributed by atoms with Crippen molar-refractivity contribution in [3.05, 3.63) is 71.3 Å². The lowest BCUT2D eigenvalue weighted by atomic mass is 9.83. The van der Waals surface area contributed by atoms with Crippen LogP contribution in [0.1, 0.15) is 35.4 Å². The van der Waals surface area contributed by atoms with E-state index >= 15 is 0 Å². The molecule has 1 fully saturated rings. The summed E-state index contributed by atoms with van der Waals surface area (Å²) in [6, 6.07) is 18.6. The van der Waals surface area contributed by atoms with Crippen LogP contribution in [0.5, 0.6) is 0 Å². The fraction of sp³-hybridized carbons (Fsp3) is 0.381. The quantitative estimate of drug-likeness (QED) is 0.917. The highest BCUT2D eigenvalue weighted by atomic mass is 16.5. The average molecular weight is 337 g/mol. The summed E-state index contributed by atoms with van der Waals surface area (Å²) in [5, 5.41) is 10.8. The molecule has 0 aromatic heterocycles. The third-order valence-corrected chi connectivity index (χ3v) is 5.40. The summed E-state index contributed by atoms with van der Waals surface area (Å²) in [4.78, 5) is 14.9. The number of hydrogen-bond donors (Lipinski definition) is 1. The Hall–Kier alpha value is -2.17. The molecule has 0 saturated carbocycles. The smallest absolute Gasteiger partial charge is 0.255 e. The predicted molar refractivity (Wildman–Crippen MR) is 95.1 cm³/mol. The number of carbonyl (C=O) groups excluding carboxylic acids is 1. The minimum atomic E-state index is -1.29. The molecule has 2 aliphatic heterocycles. The summed E-state index contributed by atoms with van der Waals surface area (Å²) in [6.07, 6.45) is 0.750. The Bertz CT molecular complexity index is 753. The minimum Gasteiger partial charge on any atom is -0.381 e. The van der Waals surface area contributed by atoms with Gasteiger partial charge in [-0.05, 0) is 16.7 Å². The van der Waals surface area contributed by atoms with Crippen LogP contribution in [-0.4, -0.2) is 41.3 Å². The molecule has 1 N–H and O–H groups in total. The zero-order valence-corrected chi connectivity index (χ0v) is 14.2. The molecule has 0 spiro atoms. The molecule has 0 bridgehead atoms. The molecule has 1 saturated heterocycles. The fourth-order valence-electron chi connectivity index (χ4n) is 3.95. The van der Waals surface area contributed by atoms with Gasteiger partial charge in [-0.15, -0.1) is 0 Å². The first-order chi connectivity index (χ1) is 12.2. The van der Waals surface area contributed by atoms with Crippen LogP contribution in [0.15, 0.2) is 54.6 Å². The van der Waals surface area contributed by atoms with E-state index in [1.54, 1.807) is 0 Å². The number of nitrogens with zero attached hydrogens (tertiary/aromatic N) is 1. The molecular formula is C21H23NO3. The van der Waals surface area contributed by atoms with Gasteiger partial charge >= 0.3 is 0 Å². The lowest BCUT2D eigenvalue weighted by molar-refractivity contribution is -0.162. The van der Waals surface area contributed by atoms with Crippen LogP contribution < -0.4 is 0 Å². The second kappa shape index (κ2) is 6.62. The molecule has 25 heavy (non-hydrogen) atoms. The highest BCUT2D eigenvalue weighted by Gasteiger charge is 2.42. The molecule has 2 aliphatic rings. The molecule has 2 aromatic rings. The number of aliphatic hydroxyl groups is 1. The maximum atomic E-state index is 13.1. The molecule has 0 aliphatic carbocycles. The topological polar surface area (TPSA) is 49.8 Å². The third kappa shape index (κ3) is 3.08. The number of benzene rings is 2. The van der Waals surface area contributed by atoms with Crippen molar-refractivity contribution in [3.8, 4) is 0 Å². The van der Waals surface area contributed by atoms with Crippen molar-refractivity contribution in [3.63, 3.8) is 0 Å². The van der Waals surface area contributed by atoms with Crippen molar-refractivity contribution < 1.29 is 14.6 Å². The zero-order valence-electron chi connectivity index (χ0n) is 14.2. The van der Waals surface area contributed by atoms with Gasteiger partial charge in [-0.2, -0.15) is 0 Å². The van der Waals surface area contributed by atoms with Crippen molar-refractivity contribution in [1.29, 1.82) is 0 Å². The lowest BCUT2D eigenvalue weighted by Gasteiger charge is -2.40. The maximum Gasteiger partial charge on any atom is 0.255 e. The molecule has 4 heteroatoms. The summed E-state index contributed by atoms with van der Waals surface area (Å²) in [5.74, 6) is -0.0234. The Morgan fingerprint density at radius 3 is 2.48 bits per heavy atom. The van der Waals surface area contributed by atoms with E-state index in [0.717, 1.165) is 5.56 Å². The Morgan fingerprint density at radius 1 is 1.04 bits per heavy atom. The van der Waals surface area contributed by atoms with Crippen LogP contribution in [0, 0.1) is 0 Å². The third-order valence-electron chi connectivity index (χ3n) is 5.40. The number of carbonyl (C=O) groups is 1. The van der Waals surface area contributed by atoms with Crippen molar-refractivity contribution in [2.45, 2.75) is 30.9 Å². The van der Waals surface area contributed by atoms with E-state index in [9.17, 15) is 9.90 Å². The number of rotatable bonds is 2. The van der Waals surface area contributed by atoms with Gasteiger partial charge in [-0.1, -0.05) is 54.6 Å². The van der Waals surface area contributed by atoms with E-state index in [4.69, 9.17) is 4.74 Å². The van der Waals surface area contributed by atoms with Crippen LogP contribution >= 0.6 is 0 Å². The molecule has 4 nitrogen and oxygen atoms in total. The maximum absolute atomic E-state index is 13.1. The standard InChI is InChI=1S/C21H23NO3/c23-20(21(24)10-12-25-13-11-21)22-14-17-8-4-5-9-18(17)19(15-22)16-6-2-1-3-7-16/h1-9,19,24H,10-15H2/t19-/m1/s1. The normalized spacial score (nSPS) is 22.3. The molecule has 1 amide bonds. The van der Waals surface area contributed by atoms with E-state index in [1.165, 1.54) is 11.1 Å². The second-order valence-corrected chi connectivity index (χ2v) is 6.99. The van der Waals surface area contributed by atoms with Gasteiger partial charge in [0, 0.05) is 45.1 Å². The predicted octanol–water partition coefficient (Wildman–Crippen LogP) is 2.70. The Balaban J connectivity index is 1.67. The Kier molecular flexibility index (Phi) is 4.32. The minimum absolute atomic E-state index is 0.138. The number of hydrogen-bond acceptors (Lipinski definition) is 3. The lowest BCUT2D eigenvalue weighted by Crippen LogP contribution is -2.53. The summed E-state index contributed by atoms with van der Waals surface area (Å²) >= 11 is 0. The van der Waals surface area contributed by atoms with E-state index in [2.05, 4.69) is 30.3 Å². The van der Waals surface area contributed by atoms with Crippen LogP contribution in [0.25, 0.3) is 0 Å². The van der Waals surface area contributed by atoms with Crippen molar-refractivity contribution in [2.75, 3.05) is 19.8 Å². The van der Waals surface area contributed by atoms with E-state index in [1.807, 2.05) is 29.2 Å². The number of amides is 1. The van der Waals surface area contributed by atoms with Gasteiger partial charge in [0.15, 0.2) is 0 Å². The van der Waals surface area contributed by atoms with Crippen LogP contribution in [0.3, 0.4) is 0 Å². The molecule has 0 unspecified atom stereocenters. The van der Waals surface area contributed by atoms with Gasteiger partial charge in [0.25, 0.3) is 5.91 Å². The molecule has 0 radical (unpaired) electrons. The molecule has 4 rings (SSSR count). The second-order valence-electron chi connectivity index (χ2n) is 6.99. The first kappa shape index (κ1) is 16.3. The zero-order chi connectivity index (χ0) is 17.3. The molecule has 2 heterocycles. The first-order valence-electron chi connectivity index (χ1n) is 8.90. The van der Waals surface area contributed by atoms with Crippen molar-refractivity contribution in [1.82, 2.24) is 4.90 Å². The Morgan fingerprint density at radius 2 is 1.72 bits per heavy atom. The van der Waals surface area contributed by atoms with Crippen LogP contribution in [0.4, 0.5) is 0 Å². The van der Waals surface area contributed by atoms with Gasteiger partial charge in [0.05, 0.1) is 0 Å². The number of ether oxygens (including phenoxy) is 1. The summed E-state index contributed by atoms with van der Waals surface area (Å²) in [5.41, 5.74) is 2.35.